The van der Waals surface area contributed by atoms with Crippen LogP contribution in [0.25, 0.3) is 0 Å². The quantitative estimate of drug-likeness (QED) is 0.0631. The highest BCUT2D eigenvalue weighted by Crippen LogP contribution is 2.43. The first-order valence-corrected chi connectivity index (χ1v) is 22.5. The van der Waals surface area contributed by atoms with Crippen LogP contribution in [0.3, 0.4) is 0 Å². The van der Waals surface area contributed by atoms with Crippen molar-refractivity contribution in [2.24, 2.45) is 0 Å². The smallest absolute Gasteiger partial charge is 0.151 e. The summed E-state index contributed by atoms with van der Waals surface area (Å²) in [5.74, 6) is 1.98. The number of nitrogens with one attached hydrogen (secondary N) is 1. The molecule has 284 valence electrons. The third-order valence-electron chi connectivity index (χ3n) is 11.2. The van der Waals surface area contributed by atoms with Crippen LogP contribution in [-0.2, 0) is 12.8 Å². The molecule has 0 fully saturated rings. The Morgan fingerprint density at radius 3 is 0.880 bits per heavy atom. The standard InChI is InChI=1S/C48H81NO/c1-3-5-7-9-11-13-15-17-19-21-23-25-27-29-31-33-35-43-37-39-45-47(41-43)50-48-42-44(38-40-46(48)49-45)36-34-32-30-28-26-24-22-20-18-16-14-12-10-8-6-4-2/h37-42,49H,3-36H2,1-2H3. The molecule has 0 aromatic heterocycles. The lowest BCUT2D eigenvalue weighted by Gasteiger charge is -2.23. The van der Waals surface area contributed by atoms with Gasteiger partial charge < -0.3 is 10.1 Å². The Hall–Kier alpha value is -1.96. The maximum absolute atomic E-state index is 6.46. The van der Waals surface area contributed by atoms with Crippen molar-refractivity contribution in [3.63, 3.8) is 0 Å². The Balaban J connectivity index is 1.16. The molecule has 3 rings (SSSR count). The summed E-state index contributed by atoms with van der Waals surface area (Å²) in [6, 6.07) is 13.6. The second-order valence-corrected chi connectivity index (χ2v) is 16.0. The average molecular weight is 688 g/mol. The van der Waals surface area contributed by atoms with Crippen LogP contribution >= 0.6 is 0 Å². The molecule has 1 heterocycles. The van der Waals surface area contributed by atoms with E-state index >= 15 is 0 Å². The Bertz CT molecular complexity index is 992. The Morgan fingerprint density at radius 1 is 0.340 bits per heavy atom. The Kier molecular flexibility index (Phi) is 25.1. The fourth-order valence-corrected chi connectivity index (χ4v) is 7.84. The van der Waals surface area contributed by atoms with Crippen LogP contribution in [0.2, 0.25) is 0 Å². The van der Waals surface area contributed by atoms with Crippen molar-refractivity contribution in [1.82, 2.24) is 0 Å². The van der Waals surface area contributed by atoms with E-state index in [0.717, 1.165) is 35.7 Å². The van der Waals surface area contributed by atoms with Gasteiger partial charge in [0.1, 0.15) is 0 Å². The van der Waals surface area contributed by atoms with Gasteiger partial charge in [0.25, 0.3) is 0 Å². The van der Waals surface area contributed by atoms with E-state index in [-0.39, 0.29) is 0 Å². The number of hydrogen-bond donors (Lipinski definition) is 1. The highest BCUT2D eigenvalue weighted by Gasteiger charge is 2.17. The molecule has 1 aliphatic heterocycles. The third kappa shape index (κ3) is 20.2. The minimum atomic E-state index is 0.992. The minimum Gasteiger partial charge on any atom is -0.453 e. The molecule has 0 saturated heterocycles. The molecule has 0 saturated carbocycles. The topological polar surface area (TPSA) is 21.3 Å². The molecule has 50 heavy (non-hydrogen) atoms. The number of benzene rings is 2. The molecular weight excluding hydrogens is 607 g/mol. The van der Waals surface area contributed by atoms with Crippen molar-refractivity contribution in [3.05, 3.63) is 47.5 Å². The van der Waals surface area contributed by atoms with Gasteiger partial charge in [-0.1, -0.05) is 219 Å². The Morgan fingerprint density at radius 2 is 0.600 bits per heavy atom. The van der Waals surface area contributed by atoms with E-state index < -0.39 is 0 Å². The third-order valence-corrected chi connectivity index (χ3v) is 11.2. The van der Waals surface area contributed by atoms with Crippen LogP contribution in [-0.4, -0.2) is 0 Å². The summed E-state index contributed by atoms with van der Waals surface area (Å²) >= 11 is 0. The van der Waals surface area contributed by atoms with Gasteiger partial charge >= 0.3 is 0 Å². The number of anilines is 2. The Labute approximate surface area is 311 Å². The largest absolute Gasteiger partial charge is 0.453 e. The zero-order chi connectivity index (χ0) is 35.2. The highest BCUT2D eigenvalue weighted by molar-refractivity contribution is 5.76. The van der Waals surface area contributed by atoms with Crippen molar-refractivity contribution in [1.29, 1.82) is 0 Å². The summed E-state index contributed by atoms with van der Waals surface area (Å²) in [4.78, 5) is 0. The number of rotatable bonds is 34. The van der Waals surface area contributed by atoms with E-state index in [9.17, 15) is 0 Å². The van der Waals surface area contributed by atoms with Crippen molar-refractivity contribution in [2.45, 2.75) is 232 Å². The number of hydrogen-bond acceptors (Lipinski definition) is 2. The van der Waals surface area contributed by atoms with Gasteiger partial charge in [-0.2, -0.15) is 0 Å². The number of fused-ring (bicyclic) bond motifs is 2. The lowest BCUT2D eigenvalue weighted by atomic mass is 10.0. The molecular formula is C48H81NO. The van der Waals surface area contributed by atoms with E-state index in [4.69, 9.17) is 4.74 Å². The second-order valence-electron chi connectivity index (χ2n) is 16.0. The maximum atomic E-state index is 6.46. The molecule has 0 bridgehead atoms. The average Bonchev–Trinajstić information content (AvgIpc) is 3.13. The molecule has 0 aliphatic carbocycles. The first-order valence-electron chi connectivity index (χ1n) is 22.5. The van der Waals surface area contributed by atoms with Crippen LogP contribution in [0, 0.1) is 0 Å². The summed E-state index contributed by atoms with van der Waals surface area (Å²) in [7, 11) is 0. The number of unbranched alkanes of at least 4 members (excludes halogenated alkanes) is 30. The molecule has 0 radical (unpaired) electrons. The van der Waals surface area contributed by atoms with Crippen molar-refractivity contribution >= 4 is 11.4 Å². The molecule has 1 N–H and O–H groups in total. The zero-order valence-corrected chi connectivity index (χ0v) is 33.4. The molecule has 2 aromatic rings. The van der Waals surface area contributed by atoms with Gasteiger partial charge in [0.2, 0.25) is 0 Å². The SMILES string of the molecule is CCCCCCCCCCCCCCCCCCc1ccc2c(c1)Oc1cc(CCCCCCCCCCCCCCCCCC)ccc1N2. The second kappa shape index (κ2) is 29.6. The van der Waals surface area contributed by atoms with Gasteiger partial charge in [-0.25, -0.2) is 0 Å². The van der Waals surface area contributed by atoms with E-state index in [1.54, 1.807) is 0 Å². The minimum absolute atomic E-state index is 0.992. The van der Waals surface area contributed by atoms with Crippen LogP contribution in [0.1, 0.15) is 230 Å². The monoisotopic (exact) mass is 688 g/mol. The summed E-state index contributed by atoms with van der Waals surface area (Å²) in [5, 5.41) is 3.62. The van der Waals surface area contributed by atoms with Crippen LogP contribution in [0.4, 0.5) is 11.4 Å². The number of aryl methyl sites for hydroxylation is 2. The van der Waals surface area contributed by atoms with Gasteiger partial charge in [0.15, 0.2) is 11.5 Å². The maximum Gasteiger partial charge on any atom is 0.151 e. The van der Waals surface area contributed by atoms with E-state index in [1.807, 2.05) is 0 Å². The van der Waals surface area contributed by atoms with E-state index in [0.29, 0.717) is 0 Å². The van der Waals surface area contributed by atoms with Gasteiger partial charge in [-0.15, -0.1) is 0 Å². The van der Waals surface area contributed by atoms with Crippen molar-refractivity contribution in [3.8, 4) is 11.5 Å². The number of ether oxygens (including phenoxy) is 1. The van der Waals surface area contributed by atoms with Crippen molar-refractivity contribution < 1.29 is 4.74 Å². The predicted octanol–water partition coefficient (Wildman–Crippen LogP) is 17.1. The fraction of sp³-hybridized carbons (Fsp3) is 0.750. The molecule has 2 heteroatoms. The van der Waals surface area contributed by atoms with Gasteiger partial charge in [-0.3, -0.25) is 0 Å². The lowest BCUT2D eigenvalue weighted by molar-refractivity contribution is 0.479. The van der Waals surface area contributed by atoms with E-state index in [1.165, 1.54) is 217 Å². The molecule has 0 amide bonds. The van der Waals surface area contributed by atoms with Crippen LogP contribution in [0.5, 0.6) is 11.5 Å². The predicted molar refractivity (Wildman–Crippen MR) is 223 cm³/mol. The van der Waals surface area contributed by atoms with Crippen LogP contribution < -0.4 is 10.1 Å². The molecule has 0 atom stereocenters. The summed E-state index contributed by atoms with van der Waals surface area (Å²) in [5.41, 5.74) is 5.00. The zero-order valence-electron chi connectivity index (χ0n) is 33.4. The molecule has 0 spiro atoms. The fourth-order valence-electron chi connectivity index (χ4n) is 7.84. The summed E-state index contributed by atoms with van der Waals surface area (Å²) < 4.78 is 6.46. The van der Waals surface area contributed by atoms with Gasteiger partial charge in [-0.05, 0) is 61.1 Å². The first-order chi connectivity index (χ1) is 24.8. The highest BCUT2D eigenvalue weighted by atomic mass is 16.5. The lowest BCUT2D eigenvalue weighted by Crippen LogP contribution is -2.04. The summed E-state index contributed by atoms with van der Waals surface area (Å²) in [6.07, 6.45) is 47.8. The van der Waals surface area contributed by atoms with E-state index in [2.05, 4.69) is 55.6 Å². The molecule has 2 aromatic carbocycles. The normalized spacial score (nSPS) is 12.0. The first kappa shape index (κ1) is 42.5. The summed E-state index contributed by atoms with van der Waals surface area (Å²) in [6.45, 7) is 4.61. The van der Waals surface area contributed by atoms with Gasteiger partial charge in [0.05, 0.1) is 11.4 Å². The molecule has 1 aliphatic rings. The van der Waals surface area contributed by atoms with Crippen LogP contribution in [0.15, 0.2) is 36.4 Å². The molecule has 2 nitrogen and oxygen atoms in total. The van der Waals surface area contributed by atoms with Gasteiger partial charge in [0, 0.05) is 0 Å². The van der Waals surface area contributed by atoms with Crippen molar-refractivity contribution in [2.75, 3.05) is 5.32 Å². The molecule has 0 unspecified atom stereocenters.